The van der Waals surface area contributed by atoms with Crippen molar-refractivity contribution in [2.24, 2.45) is 0 Å². The third kappa shape index (κ3) is 4.72. The van der Waals surface area contributed by atoms with Gasteiger partial charge >= 0.3 is 12.1 Å². The number of fused-ring (bicyclic) bond motifs is 1. The molecule has 1 fully saturated rings. The highest BCUT2D eigenvalue weighted by molar-refractivity contribution is 8.00. The molecule has 0 saturated carbocycles. The number of carbonyl (C=O) groups excluding carboxylic acids is 2. The average Bonchev–Trinajstić information content (AvgIpc) is 3.44. The minimum absolute atomic E-state index is 0. The number of nitrogens with one attached hydrogen (secondary N) is 2. The molecule has 4 heterocycles. The van der Waals surface area contributed by atoms with Gasteiger partial charge in [0.15, 0.2) is 6.04 Å². The summed E-state index contributed by atoms with van der Waals surface area (Å²) in [6.07, 6.45) is 0.150. The summed E-state index contributed by atoms with van der Waals surface area (Å²) in [5.74, 6) is -1.54. The molecule has 0 spiro atoms. The van der Waals surface area contributed by atoms with Crippen LogP contribution in [0.2, 0.25) is 0 Å². The lowest BCUT2D eigenvalue weighted by Crippen LogP contribution is -2.35. The molecule has 0 radical (unpaired) electrons. The van der Waals surface area contributed by atoms with E-state index >= 15 is 0 Å². The van der Waals surface area contributed by atoms with Crippen molar-refractivity contribution in [3.8, 4) is 0 Å². The van der Waals surface area contributed by atoms with E-state index in [9.17, 15) is 28.7 Å². The van der Waals surface area contributed by atoms with Crippen molar-refractivity contribution < 1.29 is 28.6 Å². The van der Waals surface area contributed by atoms with Gasteiger partial charge in [0, 0.05) is 22.2 Å². The van der Waals surface area contributed by atoms with E-state index in [2.05, 4.69) is 10.6 Å². The molecular formula is C26H24ClFN4O6S. The quantitative estimate of drug-likeness (QED) is 0.364. The highest BCUT2D eigenvalue weighted by Crippen LogP contribution is 2.41. The van der Waals surface area contributed by atoms with Crippen LogP contribution in [0.15, 0.2) is 52.2 Å². The third-order valence-corrected chi connectivity index (χ3v) is 8.16. The van der Waals surface area contributed by atoms with Gasteiger partial charge in [-0.3, -0.25) is 19.1 Å². The molecule has 0 bridgehead atoms. The molecule has 3 atom stereocenters. The maximum atomic E-state index is 14.9. The lowest BCUT2D eigenvalue weighted by atomic mass is 10.0. The van der Waals surface area contributed by atoms with Crippen molar-refractivity contribution in [3.63, 3.8) is 0 Å². The molecule has 204 valence electrons. The second kappa shape index (κ2) is 10.5. The fraction of sp³-hybridized carbons (Fsp3) is 0.308. The number of pyridine rings is 1. The molecule has 3 aromatic rings. The monoisotopic (exact) mass is 574 g/mol. The number of thioether (sulfide) groups is 1. The molecule has 39 heavy (non-hydrogen) atoms. The standard InChI is InChI=1S/C26H23FN4O6S.ClH/c27-16-6-3-13-4-8-20(33)31-23(13)21(16)22(24(31)25(34)35)28-9-1-2-15-11-30(26(36)37-15)14-5-7-18-17(10-14)29-19(32)12-38-18;/h3-8,10,15,22,24,28H,1-2,9,11-12H2,(H,29,32)(H,34,35);1H/t15-,22-,24-;/m1./s1. The van der Waals surface area contributed by atoms with Crippen LogP contribution in [-0.4, -0.2) is 52.6 Å². The van der Waals surface area contributed by atoms with Gasteiger partial charge < -0.3 is 20.5 Å². The molecule has 10 nitrogen and oxygen atoms in total. The van der Waals surface area contributed by atoms with Crippen LogP contribution in [0, 0.1) is 5.82 Å². The molecule has 0 aliphatic carbocycles. The Morgan fingerprint density at radius 2 is 1.97 bits per heavy atom. The van der Waals surface area contributed by atoms with E-state index in [1.165, 1.54) is 34.9 Å². The fourth-order valence-corrected chi connectivity index (χ4v) is 6.20. The lowest BCUT2D eigenvalue weighted by Gasteiger charge is -2.20. The number of carboxylic acid groups (broad SMARTS) is 1. The maximum Gasteiger partial charge on any atom is 0.414 e. The number of ether oxygens (including phenoxy) is 1. The number of aromatic nitrogens is 1. The van der Waals surface area contributed by atoms with E-state index in [0.717, 1.165) is 9.46 Å². The minimum atomic E-state index is -1.28. The number of halogens is 2. The third-order valence-electron chi connectivity index (χ3n) is 7.09. The summed E-state index contributed by atoms with van der Waals surface area (Å²) in [5.41, 5.74) is 1.25. The summed E-state index contributed by atoms with van der Waals surface area (Å²) in [6.45, 7) is 0.651. The van der Waals surface area contributed by atoms with E-state index in [1.54, 1.807) is 12.1 Å². The number of amides is 2. The van der Waals surface area contributed by atoms with Gasteiger partial charge in [-0.05, 0) is 61.2 Å². The summed E-state index contributed by atoms with van der Waals surface area (Å²) in [4.78, 5) is 51.4. The van der Waals surface area contributed by atoms with Gasteiger partial charge in [-0.1, -0.05) is 0 Å². The number of cyclic esters (lactones) is 1. The fourth-order valence-electron chi connectivity index (χ4n) is 5.41. The Balaban J connectivity index is 0.00000308. The van der Waals surface area contributed by atoms with Gasteiger partial charge in [-0.25, -0.2) is 14.0 Å². The number of benzene rings is 2. The molecule has 2 aromatic carbocycles. The number of hydrogen-bond donors (Lipinski definition) is 3. The molecule has 3 aliphatic rings. The topological polar surface area (TPSA) is 130 Å². The van der Waals surface area contributed by atoms with Crippen LogP contribution in [0.3, 0.4) is 0 Å². The van der Waals surface area contributed by atoms with Gasteiger partial charge in [0.05, 0.1) is 29.5 Å². The average molecular weight is 575 g/mol. The highest BCUT2D eigenvalue weighted by Gasteiger charge is 2.41. The summed E-state index contributed by atoms with van der Waals surface area (Å²) in [7, 11) is 0. The SMILES string of the molecule is Cl.O=C1CSc2ccc(N3C[C@@H](CCCN[C@@H]4c5c(F)ccc6ccc(=O)n(c56)[C@H]4C(=O)O)OC3=O)cc2N1. The molecular weight excluding hydrogens is 551 g/mol. The van der Waals surface area contributed by atoms with Crippen LogP contribution in [0.1, 0.15) is 30.5 Å². The van der Waals surface area contributed by atoms with Crippen LogP contribution >= 0.6 is 24.2 Å². The molecule has 0 unspecified atom stereocenters. The Hall–Kier alpha value is -3.61. The molecule has 13 heteroatoms. The highest BCUT2D eigenvalue weighted by atomic mass is 35.5. The smallest absolute Gasteiger partial charge is 0.414 e. The lowest BCUT2D eigenvalue weighted by molar-refractivity contribution is -0.141. The second-order valence-corrected chi connectivity index (χ2v) is 10.4. The Morgan fingerprint density at radius 3 is 2.77 bits per heavy atom. The van der Waals surface area contributed by atoms with Crippen molar-refractivity contribution in [1.29, 1.82) is 0 Å². The first kappa shape index (κ1) is 27.0. The number of carboxylic acids is 1. The Labute approximate surface area is 231 Å². The predicted octanol–water partition coefficient (Wildman–Crippen LogP) is 3.68. The Bertz CT molecular complexity index is 1570. The number of carbonyl (C=O) groups is 3. The van der Waals surface area contributed by atoms with E-state index in [1.807, 2.05) is 12.1 Å². The van der Waals surface area contributed by atoms with Crippen molar-refractivity contribution in [1.82, 2.24) is 9.88 Å². The van der Waals surface area contributed by atoms with Crippen LogP contribution in [0.25, 0.3) is 10.9 Å². The zero-order chi connectivity index (χ0) is 26.6. The van der Waals surface area contributed by atoms with Crippen LogP contribution in [-0.2, 0) is 14.3 Å². The zero-order valence-electron chi connectivity index (χ0n) is 20.4. The first-order valence-corrected chi connectivity index (χ1v) is 13.1. The Kier molecular flexibility index (Phi) is 7.27. The first-order chi connectivity index (χ1) is 18.3. The van der Waals surface area contributed by atoms with E-state index in [4.69, 9.17) is 4.74 Å². The largest absolute Gasteiger partial charge is 0.480 e. The zero-order valence-corrected chi connectivity index (χ0v) is 22.0. The molecule has 1 saturated heterocycles. The molecule has 6 rings (SSSR count). The van der Waals surface area contributed by atoms with Gasteiger partial charge in [0.1, 0.15) is 11.9 Å². The van der Waals surface area contributed by atoms with Gasteiger partial charge in [-0.15, -0.1) is 24.2 Å². The van der Waals surface area contributed by atoms with Gasteiger partial charge in [-0.2, -0.15) is 0 Å². The van der Waals surface area contributed by atoms with Crippen LogP contribution in [0.4, 0.5) is 20.6 Å². The summed E-state index contributed by atoms with van der Waals surface area (Å²) in [5, 5.41) is 16.4. The van der Waals surface area contributed by atoms with Crippen molar-refractivity contribution in [3.05, 3.63) is 64.2 Å². The van der Waals surface area contributed by atoms with Crippen LogP contribution < -0.4 is 21.1 Å². The number of rotatable bonds is 7. The maximum absolute atomic E-state index is 14.9. The van der Waals surface area contributed by atoms with Gasteiger partial charge in [0.2, 0.25) is 5.91 Å². The first-order valence-electron chi connectivity index (χ1n) is 12.2. The van der Waals surface area contributed by atoms with E-state index in [0.29, 0.717) is 54.0 Å². The normalized spacial score (nSPS) is 21.4. The molecule has 1 aromatic heterocycles. The summed E-state index contributed by atoms with van der Waals surface area (Å²) in [6, 6.07) is 8.90. The molecule has 3 aliphatic heterocycles. The van der Waals surface area contributed by atoms with Gasteiger partial charge in [0.25, 0.3) is 5.56 Å². The molecule has 2 amide bonds. The summed E-state index contributed by atoms with van der Waals surface area (Å²) >= 11 is 1.44. The van der Waals surface area contributed by atoms with E-state index in [-0.39, 0.29) is 30.0 Å². The van der Waals surface area contributed by atoms with E-state index < -0.39 is 35.5 Å². The minimum Gasteiger partial charge on any atom is -0.480 e. The number of hydrogen-bond acceptors (Lipinski definition) is 7. The van der Waals surface area contributed by atoms with Crippen molar-refractivity contribution in [2.45, 2.75) is 35.9 Å². The second-order valence-electron chi connectivity index (χ2n) is 9.43. The Morgan fingerprint density at radius 1 is 1.18 bits per heavy atom. The molecule has 3 N–H and O–H groups in total. The number of anilines is 2. The number of nitrogens with zero attached hydrogens (tertiary/aromatic N) is 2. The number of aliphatic carboxylic acids is 1. The summed E-state index contributed by atoms with van der Waals surface area (Å²) < 4.78 is 21.5. The predicted molar refractivity (Wildman–Crippen MR) is 145 cm³/mol. The van der Waals surface area contributed by atoms with Crippen molar-refractivity contribution >= 4 is 64.4 Å². The van der Waals surface area contributed by atoms with Crippen LogP contribution in [0.5, 0.6) is 0 Å². The van der Waals surface area contributed by atoms with Crippen molar-refractivity contribution in [2.75, 3.05) is 29.1 Å².